The molecule has 0 bridgehead atoms. The molecule has 37 heavy (non-hydrogen) atoms. The standard InChI is InChI=1S/C27H31N5O4S/c28-15-6-5-13-23(32-37(35,36)25-14-7-9-18-8-1-2-11-21(18)25)27(34)31-24(26(29)33)16-19-17-30-22-12-4-3-10-20(19)22/h1-4,7-12,14,17,23-24,30,32H,5-6,13,15-16,28H2,(H2,29,33)(H,31,34)/t23-,24-/m0/s1. The summed E-state index contributed by atoms with van der Waals surface area (Å²) in [6.07, 6.45) is 3.29. The van der Waals surface area contributed by atoms with Gasteiger partial charge in [0.05, 0.1) is 4.90 Å². The number of para-hydroxylation sites is 1. The average molecular weight is 522 g/mol. The lowest BCUT2D eigenvalue weighted by atomic mass is 10.0. The van der Waals surface area contributed by atoms with Crippen molar-refractivity contribution in [2.45, 2.75) is 42.7 Å². The highest BCUT2D eigenvalue weighted by molar-refractivity contribution is 7.89. The predicted molar refractivity (Wildman–Crippen MR) is 144 cm³/mol. The topological polar surface area (TPSA) is 160 Å². The van der Waals surface area contributed by atoms with Crippen molar-refractivity contribution < 1.29 is 18.0 Å². The molecule has 0 unspecified atom stereocenters. The average Bonchev–Trinajstić information content (AvgIpc) is 3.30. The molecule has 7 N–H and O–H groups in total. The second-order valence-corrected chi connectivity index (χ2v) is 10.6. The Morgan fingerprint density at radius 3 is 2.35 bits per heavy atom. The van der Waals surface area contributed by atoms with Gasteiger partial charge in [-0.15, -0.1) is 0 Å². The molecule has 9 nitrogen and oxygen atoms in total. The van der Waals surface area contributed by atoms with E-state index in [1.54, 1.807) is 24.4 Å². The molecule has 0 radical (unpaired) electrons. The first kappa shape index (κ1) is 26.3. The minimum absolute atomic E-state index is 0.0764. The molecule has 2 amide bonds. The highest BCUT2D eigenvalue weighted by Crippen LogP contribution is 2.23. The summed E-state index contributed by atoms with van der Waals surface area (Å²) >= 11 is 0. The smallest absolute Gasteiger partial charge is 0.241 e. The van der Waals surface area contributed by atoms with E-state index < -0.39 is 33.9 Å². The van der Waals surface area contributed by atoms with Gasteiger partial charge in [0.2, 0.25) is 21.8 Å². The number of unbranched alkanes of at least 4 members (excludes halogenated alkanes) is 1. The van der Waals surface area contributed by atoms with Gasteiger partial charge in [0.1, 0.15) is 12.1 Å². The van der Waals surface area contributed by atoms with Crippen LogP contribution in [0, 0.1) is 0 Å². The number of hydrogen-bond donors (Lipinski definition) is 5. The molecular formula is C27H31N5O4S. The van der Waals surface area contributed by atoms with Crippen LogP contribution in [0.2, 0.25) is 0 Å². The number of hydrogen-bond acceptors (Lipinski definition) is 5. The van der Waals surface area contributed by atoms with Crippen LogP contribution >= 0.6 is 0 Å². The number of H-pyrrole nitrogens is 1. The Hall–Kier alpha value is -3.73. The number of nitrogens with two attached hydrogens (primary N) is 2. The number of amides is 2. The van der Waals surface area contributed by atoms with Crippen molar-refractivity contribution >= 4 is 43.5 Å². The zero-order valence-corrected chi connectivity index (χ0v) is 21.1. The maximum atomic E-state index is 13.4. The Labute approximate surface area is 215 Å². The molecule has 0 aliphatic carbocycles. The third kappa shape index (κ3) is 6.16. The fourth-order valence-electron chi connectivity index (χ4n) is 4.43. The van der Waals surface area contributed by atoms with Crippen LogP contribution in [0.1, 0.15) is 24.8 Å². The Balaban J connectivity index is 1.57. The first-order chi connectivity index (χ1) is 17.8. The lowest BCUT2D eigenvalue weighted by Gasteiger charge is -2.22. The minimum atomic E-state index is -4.07. The number of nitrogens with one attached hydrogen (secondary N) is 3. The molecule has 3 aromatic carbocycles. The fraction of sp³-hybridized carbons (Fsp3) is 0.259. The van der Waals surface area contributed by atoms with Crippen LogP contribution in [0.4, 0.5) is 0 Å². The summed E-state index contributed by atoms with van der Waals surface area (Å²) < 4.78 is 29.4. The maximum Gasteiger partial charge on any atom is 0.241 e. The van der Waals surface area contributed by atoms with Crippen molar-refractivity contribution in [3.05, 3.63) is 78.5 Å². The van der Waals surface area contributed by atoms with Gasteiger partial charge in [0, 0.05) is 28.9 Å². The second-order valence-electron chi connectivity index (χ2n) is 8.96. The number of aromatic nitrogens is 1. The van der Waals surface area contributed by atoms with Crippen LogP contribution in [0.3, 0.4) is 0 Å². The highest BCUT2D eigenvalue weighted by Gasteiger charge is 2.29. The number of aromatic amines is 1. The van der Waals surface area contributed by atoms with Crippen LogP contribution in [-0.2, 0) is 26.0 Å². The SMILES string of the molecule is NCCCC[C@H](NS(=O)(=O)c1cccc2ccccc12)C(=O)N[C@@H](Cc1c[nH]c2ccccc12)C(N)=O. The summed E-state index contributed by atoms with van der Waals surface area (Å²) in [5.74, 6) is -1.33. The summed E-state index contributed by atoms with van der Waals surface area (Å²) in [6, 6.07) is 17.6. The normalized spacial score (nSPS) is 13.4. The van der Waals surface area contributed by atoms with Crippen LogP contribution in [-0.4, -0.2) is 43.8 Å². The zero-order valence-electron chi connectivity index (χ0n) is 20.3. The third-order valence-corrected chi connectivity index (χ3v) is 7.89. The van der Waals surface area contributed by atoms with E-state index in [9.17, 15) is 18.0 Å². The van der Waals surface area contributed by atoms with Gasteiger partial charge < -0.3 is 21.8 Å². The van der Waals surface area contributed by atoms with Gasteiger partial charge in [-0.05, 0) is 42.5 Å². The molecule has 1 aromatic heterocycles. The fourth-order valence-corrected chi connectivity index (χ4v) is 5.89. The molecule has 0 saturated carbocycles. The van der Waals surface area contributed by atoms with E-state index in [4.69, 9.17) is 11.5 Å². The lowest BCUT2D eigenvalue weighted by Crippen LogP contribution is -2.53. The molecule has 1 heterocycles. The second kappa shape index (κ2) is 11.5. The van der Waals surface area contributed by atoms with Crippen LogP contribution in [0.25, 0.3) is 21.7 Å². The van der Waals surface area contributed by atoms with Crippen LogP contribution in [0.15, 0.2) is 77.8 Å². The summed E-state index contributed by atoms with van der Waals surface area (Å²) in [7, 11) is -4.07. The van der Waals surface area contributed by atoms with Crippen molar-refractivity contribution in [2.24, 2.45) is 11.5 Å². The molecule has 0 aliphatic heterocycles. The third-order valence-electron chi connectivity index (χ3n) is 6.36. The molecule has 10 heteroatoms. The van der Waals surface area contributed by atoms with E-state index in [0.717, 1.165) is 21.9 Å². The minimum Gasteiger partial charge on any atom is -0.368 e. The van der Waals surface area contributed by atoms with Gasteiger partial charge in [0.25, 0.3) is 0 Å². The Bertz CT molecular complexity index is 1510. The predicted octanol–water partition coefficient (Wildman–Crippen LogP) is 2.31. The van der Waals surface area contributed by atoms with E-state index in [2.05, 4.69) is 15.0 Å². The Kier molecular flexibility index (Phi) is 8.22. The van der Waals surface area contributed by atoms with Gasteiger partial charge in [-0.25, -0.2) is 8.42 Å². The van der Waals surface area contributed by atoms with E-state index in [1.165, 1.54) is 6.07 Å². The summed E-state index contributed by atoms with van der Waals surface area (Å²) in [6.45, 7) is 0.412. The van der Waals surface area contributed by atoms with Gasteiger partial charge in [-0.2, -0.15) is 4.72 Å². The lowest BCUT2D eigenvalue weighted by molar-refractivity contribution is -0.128. The molecule has 0 fully saturated rings. The largest absolute Gasteiger partial charge is 0.368 e. The van der Waals surface area contributed by atoms with Crippen LogP contribution < -0.4 is 21.5 Å². The number of carbonyl (C=O) groups is 2. The van der Waals surface area contributed by atoms with Crippen LogP contribution in [0.5, 0.6) is 0 Å². The maximum absolute atomic E-state index is 13.4. The highest BCUT2D eigenvalue weighted by atomic mass is 32.2. The molecule has 0 aliphatic rings. The first-order valence-corrected chi connectivity index (χ1v) is 13.6. The van der Waals surface area contributed by atoms with Crippen molar-refractivity contribution in [1.29, 1.82) is 0 Å². The van der Waals surface area contributed by atoms with E-state index in [0.29, 0.717) is 24.8 Å². The van der Waals surface area contributed by atoms with Gasteiger partial charge in [-0.3, -0.25) is 9.59 Å². The Morgan fingerprint density at radius 1 is 0.892 bits per heavy atom. The van der Waals surface area contributed by atoms with Gasteiger partial charge in [-0.1, -0.05) is 61.0 Å². The molecule has 4 rings (SSSR count). The van der Waals surface area contributed by atoms with Crippen molar-refractivity contribution in [2.75, 3.05) is 6.54 Å². The summed E-state index contributed by atoms with van der Waals surface area (Å²) in [4.78, 5) is 28.8. The van der Waals surface area contributed by atoms with Gasteiger partial charge >= 0.3 is 0 Å². The number of rotatable bonds is 12. The zero-order chi connectivity index (χ0) is 26.4. The van der Waals surface area contributed by atoms with Crippen molar-refractivity contribution in [3.8, 4) is 0 Å². The number of carbonyl (C=O) groups excluding carboxylic acids is 2. The van der Waals surface area contributed by atoms with E-state index >= 15 is 0 Å². The van der Waals surface area contributed by atoms with E-state index in [1.807, 2.05) is 42.5 Å². The summed E-state index contributed by atoms with van der Waals surface area (Å²) in [5, 5.41) is 4.90. The molecule has 4 aromatic rings. The molecule has 194 valence electrons. The molecular weight excluding hydrogens is 490 g/mol. The first-order valence-electron chi connectivity index (χ1n) is 12.1. The monoisotopic (exact) mass is 521 g/mol. The quantitative estimate of drug-likeness (QED) is 0.181. The van der Waals surface area contributed by atoms with E-state index in [-0.39, 0.29) is 17.7 Å². The number of fused-ring (bicyclic) bond motifs is 2. The van der Waals surface area contributed by atoms with Gasteiger partial charge in [0.15, 0.2) is 0 Å². The van der Waals surface area contributed by atoms with Crippen molar-refractivity contribution in [3.63, 3.8) is 0 Å². The molecule has 0 spiro atoms. The molecule has 2 atom stereocenters. The number of sulfonamides is 1. The number of primary amides is 1. The Morgan fingerprint density at radius 2 is 1.59 bits per heavy atom. The molecule has 0 saturated heterocycles. The number of benzene rings is 3. The summed E-state index contributed by atoms with van der Waals surface area (Å²) in [5.41, 5.74) is 13.0. The van der Waals surface area contributed by atoms with Crippen molar-refractivity contribution in [1.82, 2.24) is 15.0 Å².